The van der Waals surface area contributed by atoms with Gasteiger partial charge in [0.05, 0.1) is 11.8 Å². The molecular formula is C17H21NO3. The van der Waals surface area contributed by atoms with Gasteiger partial charge in [0.15, 0.2) is 0 Å². The average molecular weight is 287 g/mol. The maximum absolute atomic E-state index is 12.4. The zero-order chi connectivity index (χ0) is 15.0. The minimum Gasteiger partial charge on any atom is -0.481 e. The molecule has 1 N–H and O–H groups in total. The van der Waals surface area contributed by atoms with Crippen molar-refractivity contribution in [2.45, 2.75) is 39.0 Å². The molecule has 1 aromatic carbocycles. The lowest BCUT2D eigenvalue weighted by Crippen LogP contribution is -2.35. The van der Waals surface area contributed by atoms with Crippen LogP contribution in [0.25, 0.3) is 0 Å². The summed E-state index contributed by atoms with van der Waals surface area (Å²) in [6.07, 6.45) is 4.38. The highest BCUT2D eigenvalue weighted by Crippen LogP contribution is 2.30. The highest BCUT2D eigenvalue weighted by atomic mass is 16.4. The van der Waals surface area contributed by atoms with Gasteiger partial charge in [0, 0.05) is 13.1 Å². The van der Waals surface area contributed by atoms with Crippen molar-refractivity contribution < 1.29 is 14.7 Å². The number of hydrogen-bond donors (Lipinski definition) is 1. The van der Waals surface area contributed by atoms with Gasteiger partial charge >= 0.3 is 5.97 Å². The molecular weight excluding hydrogens is 266 g/mol. The Labute approximate surface area is 124 Å². The molecule has 1 fully saturated rings. The van der Waals surface area contributed by atoms with E-state index >= 15 is 0 Å². The Balaban J connectivity index is 1.66. The lowest BCUT2D eigenvalue weighted by molar-refractivity contribution is -0.147. The van der Waals surface area contributed by atoms with E-state index in [1.165, 1.54) is 17.5 Å². The van der Waals surface area contributed by atoms with Crippen molar-refractivity contribution >= 4 is 11.9 Å². The molecule has 3 rings (SSSR count). The van der Waals surface area contributed by atoms with Crippen molar-refractivity contribution in [1.29, 1.82) is 0 Å². The fourth-order valence-corrected chi connectivity index (χ4v) is 3.37. The number of carboxylic acids is 1. The van der Waals surface area contributed by atoms with Gasteiger partial charge in [-0.15, -0.1) is 0 Å². The number of nitrogens with zero attached hydrogens (tertiary/aromatic N) is 1. The van der Waals surface area contributed by atoms with E-state index in [1.54, 1.807) is 11.8 Å². The van der Waals surface area contributed by atoms with Crippen LogP contribution in [0.2, 0.25) is 0 Å². The Hall–Kier alpha value is -1.84. The summed E-state index contributed by atoms with van der Waals surface area (Å²) in [6.45, 7) is 2.59. The van der Waals surface area contributed by atoms with Crippen molar-refractivity contribution in [3.8, 4) is 0 Å². The average Bonchev–Trinajstić information content (AvgIpc) is 3.05. The number of carbonyl (C=O) groups is 2. The number of carbonyl (C=O) groups excluding carboxylic acids is 1. The van der Waals surface area contributed by atoms with Gasteiger partial charge in [0.1, 0.15) is 0 Å². The number of amides is 1. The number of hydrogen-bond acceptors (Lipinski definition) is 2. The van der Waals surface area contributed by atoms with Crippen LogP contribution in [0.5, 0.6) is 0 Å². The fourth-order valence-electron chi connectivity index (χ4n) is 3.37. The number of rotatable bonds is 3. The maximum Gasteiger partial charge on any atom is 0.311 e. The lowest BCUT2D eigenvalue weighted by atomic mass is 9.90. The summed E-state index contributed by atoms with van der Waals surface area (Å²) in [6, 6.07) is 6.32. The van der Waals surface area contributed by atoms with E-state index in [1.807, 2.05) is 6.07 Å². The first-order valence-electron chi connectivity index (χ1n) is 7.60. The van der Waals surface area contributed by atoms with Gasteiger partial charge in [-0.3, -0.25) is 9.59 Å². The topological polar surface area (TPSA) is 57.6 Å². The van der Waals surface area contributed by atoms with Gasteiger partial charge < -0.3 is 10.0 Å². The van der Waals surface area contributed by atoms with Crippen LogP contribution in [0.15, 0.2) is 18.2 Å². The lowest BCUT2D eigenvalue weighted by Gasteiger charge is -2.20. The highest BCUT2D eigenvalue weighted by Gasteiger charge is 2.41. The summed E-state index contributed by atoms with van der Waals surface area (Å²) in [5.41, 5.74) is 3.04. The maximum atomic E-state index is 12.4. The Morgan fingerprint density at radius 3 is 2.76 bits per heavy atom. The molecule has 112 valence electrons. The van der Waals surface area contributed by atoms with Crippen LogP contribution in [-0.2, 0) is 28.9 Å². The van der Waals surface area contributed by atoms with Crippen LogP contribution >= 0.6 is 0 Å². The van der Waals surface area contributed by atoms with Crippen LogP contribution in [0.4, 0.5) is 0 Å². The van der Waals surface area contributed by atoms with Gasteiger partial charge in [-0.2, -0.15) is 0 Å². The normalized spacial score (nSPS) is 24.1. The van der Waals surface area contributed by atoms with E-state index in [4.69, 9.17) is 0 Å². The molecule has 0 radical (unpaired) electrons. The Morgan fingerprint density at radius 1 is 1.29 bits per heavy atom. The zero-order valence-corrected chi connectivity index (χ0v) is 12.4. The minimum absolute atomic E-state index is 0.0397. The number of aliphatic carboxylic acids is 1. The first-order chi connectivity index (χ1) is 9.98. The minimum atomic E-state index is -0.810. The van der Waals surface area contributed by atoms with Gasteiger partial charge in [0.2, 0.25) is 5.91 Å². The molecule has 1 atom stereocenters. The molecule has 0 bridgehead atoms. The smallest absolute Gasteiger partial charge is 0.311 e. The van der Waals surface area contributed by atoms with Gasteiger partial charge in [-0.1, -0.05) is 18.2 Å². The third-order valence-corrected chi connectivity index (χ3v) is 4.86. The standard InChI is InChI=1S/C17H21NO3/c1-17(16(20)21)7-8-18(11-17)15(19)10-12-5-6-13-3-2-4-14(13)9-12/h5-6,9H,2-4,7-8,10-11H2,1H3,(H,20,21). The second kappa shape index (κ2) is 5.17. The molecule has 1 aliphatic carbocycles. The molecule has 1 amide bonds. The van der Waals surface area contributed by atoms with E-state index < -0.39 is 11.4 Å². The SMILES string of the molecule is CC1(C(=O)O)CCN(C(=O)Cc2ccc3c(c2)CCC3)C1. The molecule has 4 nitrogen and oxygen atoms in total. The molecule has 2 aliphatic rings. The van der Waals surface area contributed by atoms with Gasteiger partial charge in [-0.25, -0.2) is 0 Å². The van der Waals surface area contributed by atoms with Crippen molar-refractivity contribution in [3.63, 3.8) is 0 Å². The summed E-state index contributed by atoms with van der Waals surface area (Å²) in [5, 5.41) is 9.23. The van der Waals surface area contributed by atoms with Crippen molar-refractivity contribution in [2.75, 3.05) is 13.1 Å². The van der Waals surface area contributed by atoms with Crippen LogP contribution in [0, 0.1) is 5.41 Å². The van der Waals surface area contributed by atoms with E-state index in [-0.39, 0.29) is 5.91 Å². The van der Waals surface area contributed by atoms with Crippen LogP contribution in [0.1, 0.15) is 36.5 Å². The number of aryl methyl sites for hydroxylation is 2. The molecule has 0 saturated carbocycles. The summed E-state index contributed by atoms with van der Waals surface area (Å²) >= 11 is 0. The van der Waals surface area contributed by atoms with Gasteiger partial charge in [0.25, 0.3) is 0 Å². The monoisotopic (exact) mass is 287 g/mol. The molecule has 1 heterocycles. The third-order valence-electron chi connectivity index (χ3n) is 4.86. The summed E-state index contributed by atoms with van der Waals surface area (Å²) in [4.78, 5) is 25.3. The van der Waals surface area contributed by atoms with Gasteiger partial charge in [-0.05, 0) is 49.3 Å². The van der Waals surface area contributed by atoms with E-state index in [9.17, 15) is 14.7 Å². The first kappa shape index (κ1) is 14.1. The first-order valence-corrected chi connectivity index (χ1v) is 7.60. The predicted octanol–water partition coefficient (Wildman–Crippen LogP) is 2.04. The third kappa shape index (κ3) is 2.67. The fraction of sp³-hybridized carbons (Fsp3) is 0.529. The Morgan fingerprint density at radius 2 is 2.05 bits per heavy atom. The number of likely N-dealkylation sites (tertiary alicyclic amines) is 1. The summed E-state index contributed by atoms with van der Waals surface area (Å²) < 4.78 is 0. The molecule has 1 saturated heterocycles. The molecule has 0 aromatic heterocycles. The number of fused-ring (bicyclic) bond motifs is 1. The second-order valence-corrected chi connectivity index (χ2v) is 6.56. The van der Waals surface area contributed by atoms with Crippen molar-refractivity contribution in [2.24, 2.45) is 5.41 Å². The van der Waals surface area contributed by atoms with Crippen molar-refractivity contribution in [3.05, 3.63) is 34.9 Å². The largest absolute Gasteiger partial charge is 0.481 e. The van der Waals surface area contributed by atoms with E-state index in [0.29, 0.717) is 25.9 Å². The predicted molar refractivity (Wildman–Crippen MR) is 79.1 cm³/mol. The van der Waals surface area contributed by atoms with Crippen LogP contribution < -0.4 is 0 Å². The molecule has 0 spiro atoms. The quantitative estimate of drug-likeness (QED) is 0.925. The van der Waals surface area contributed by atoms with Crippen LogP contribution in [0.3, 0.4) is 0 Å². The molecule has 21 heavy (non-hydrogen) atoms. The molecule has 1 aliphatic heterocycles. The Bertz CT molecular complexity index is 596. The number of carboxylic acid groups (broad SMARTS) is 1. The van der Waals surface area contributed by atoms with E-state index in [0.717, 1.165) is 18.4 Å². The molecule has 1 unspecified atom stereocenters. The molecule has 1 aromatic rings. The van der Waals surface area contributed by atoms with Crippen molar-refractivity contribution in [1.82, 2.24) is 4.90 Å². The Kier molecular flexibility index (Phi) is 3.47. The second-order valence-electron chi connectivity index (χ2n) is 6.56. The highest BCUT2D eigenvalue weighted by molar-refractivity contribution is 5.82. The number of benzene rings is 1. The molecule has 4 heteroatoms. The summed E-state index contributed by atoms with van der Waals surface area (Å²) in [7, 11) is 0. The van der Waals surface area contributed by atoms with E-state index in [2.05, 4.69) is 12.1 Å². The zero-order valence-electron chi connectivity index (χ0n) is 12.4. The summed E-state index contributed by atoms with van der Waals surface area (Å²) in [5.74, 6) is -0.770. The van der Waals surface area contributed by atoms with Crippen LogP contribution in [-0.4, -0.2) is 35.0 Å².